The van der Waals surface area contributed by atoms with Gasteiger partial charge in [-0.25, -0.2) is 13.1 Å². The summed E-state index contributed by atoms with van der Waals surface area (Å²) < 4.78 is 28.1. The zero-order valence-corrected chi connectivity index (χ0v) is 15.4. The summed E-state index contributed by atoms with van der Waals surface area (Å²) in [7, 11) is -3.65. The van der Waals surface area contributed by atoms with Crippen molar-refractivity contribution in [1.29, 1.82) is 0 Å². The molecule has 3 heterocycles. The number of nitrogens with one attached hydrogen (secondary N) is 1. The molecule has 2 aliphatic rings. The summed E-state index contributed by atoms with van der Waals surface area (Å²) in [5.74, 6) is -0.0145. The van der Waals surface area contributed by atoms with Crippen LogP contribution in [0.15, 0.2) is 39.4 Å². The van der Waals surface area contributed by atoms with Crippen LogP contribution in [0.4, 0.5) is 5.69 Å². The molecule has 24 heavy (non-hydrogen) atoms. The van der Waals surface area contributed by atoms with E-state index in [9.17, 15) is 13.2 Å². The van der Waals surface area contributed by atoms with Gasteiger partial charge >= 0.3 is 0 Å². The molecular weight excluding hydrogens is 364 g/mol. The highest BCUT2D eigenvalue weighted by Crippen LogP contribution is 2.46. The Morgan fingerprint density at radius 3 is 2.92 bits per heavy atom. The number of thioether (sulfide) groups is 1. The van der Waals surface area contributed by atoms with Crippen LogP contribution in [0.25, 0.3) is 0 Å². The number of hydrogen-bond acceptors (Lipinski definition) is 5. The van der Waals surface area contributed by atoms with E-state index in [-0.39, 0.29) is 23.8 Å². The molecule has 5 nitrogen and oxygen atoms in total. The maximum Gasteiger partial charge on any atom is 0.241 e. The maximum absolute atomic E-state index is 12.7. The van der Waals surface area contributed by atoms with Gasteiger partial charge in [-0.05, 0) is 23.6 Å². The Hall–Kier alpha value is -1.35. The van der Waals surface area contributed by atoms with E-state index < -0.39 is 10.0 Å². The van der Waals surface area contributed by atoms with E-state index in [0.717, 1.165) is 15.5 Å². The molecule has 1 aromatic carbocycles. The quantitative estimate of drug-likeness (QED) is 0.885. The number of carbonyl (C=O) groups excluding carboxylic acids is 1. The van der Waals surface area contributed by atoms with Crippen LogP contribution in [0.2, 0.25) is 0 Å². The third kappa shape index (κ3) is 2.67. The minimum absolute atomic E-state index is 0.0145. The average molecular weight is 381 g/mol. The summed E-state index contributed by atoms with van der Waals surface area (Å²) in [6.45, 7) is 2.97. The van der Waals surface area contributed by atoms with Gasteiger partial charge in [0.25, 0.3) is 0 Å². The third-order valence-electron chi connectivity index (χ3n) is 4.18. The number of rotatable bonds is 4. The van der Waals surface area contributed by atoms with Gasteiger partial charge in [0.15, 0.2) is 0 Å². The van der Waals surface area contributed by atoms with Gasteiger partial charge in [0.2, 0.25) is 15.9 Å². The largest absolute Gasteiger partial charge is 0.310 e. The van der Waals surface area contributed by atoms with Crippen LogP contribution in [-0.2, 0) is 27.8 Å². The van der Waals surface area contributed by atoms with Crippen LogP contribution in [-0.4, -0.2) is 26.1 Å². The van der Waals surface area contributed by atoms with Crippen LogP contribution in [0.5, 0.6) is 0 Å². The number of benzene rings is 1. The summed E-state index contributed by atoms with van der Waals surface area (Å²) in [5, 5.41) is 2.23. The molecule has 1 amide bonds. The van der Waals surface area contributed by atoms with Gasteiger partial charge in [-0.3, -0.25) is 4.79 Å². The lowest BCUT2D eigenvalue weighted by Gasteiger charge is -2.29. The van der Waals surface area contributed by atoms with Crippen molar-refractivity contribution >= 4 is 44.7 Å². The van der Waals surface area contributed by atoms with Crippen molar-refractivity contribution in [1.82, 2.24) is 4.72 Å². The monoisotopic (exact) mass is 380 g/mol. The Bertz CT molecular complexity index is 907. The van der Waals surface area contributed by atoms with Crippen molar-refractivity contribution in [2.75, 3.05) is 11.4 Å². The van der Waals surface area contributed by atoms with E-state index in [1.54, 1.807) is 22.7 Å². The third-order valence-corrected chi connectivity index (χ3v) is 7.67. The van der Waals surface area contributed by atoms with Gasteiger partial charge < -0.3 is 4.90 Å². The standard InChI is InChI=1S/C16H16N2O3S3/c1-10-9-18-15(19)7-12-14(5-4-13(23-10)16(12)18)24(20,21)17-8-11-3-2-6-22-11/h2-6,10,17H,7-9H2,1H3. The van der Waals surface area contributed by atoms with E-state index in [4.69, 9.17) is 0 Å². The predicted molar refractivity (Wildman–Crippen MR) is 96.2 cm³/mol. The van der Waals surface area contributed by atoms with E-state index in [2.05, 4.69) is 11.6 Å². The second kappa shape index (κ2) is 5.87. The molecule has 0 spiro atoms. The molecule has 0 radical (unpaired) electrons. The molecule has 126 valence electrons. The van der Waals surface area contributed by atoms with Gasteiger partial charge in [-0.2, -0.15) is 0 Å². The summed E-state index contributed by atoms with van der Waals surface area (Å²) in [6, 6.07) is 7.24. The Morgan fingerprint density at radius 1 is 1.33 bits per heavy atom. The van der Waals surface area contributed by atoms with Crippen LogP contribution in [0, 0.1) is 0 Å². The van der Waals surface area contributed by atoms with Crippen molar-refractivity contribution in [3.05, 3.63) is 40.1 Å². The van der Waals surface area contributed by atoms with Gasteiger partial charge in [0.05, 0.1) is 17.0 Å². The van der Waals surface area contributed by atoms with Crippen LogP contribution < -0.4 is 9.62 Å². The minimum atomic E-state index is -3.65. The summed E-state index contributed by atoms with van der Waals surface area (Å²) >= 11 is 3.20. The number of anilines is 1. The zero-order valence-electron chi connectivity index (χ0n) is 13.0. The predicted octanol–water partition coefficient (Wildman–Crippen LogP) is 2.61. The van der Waals surface area contributed by atoms with Crippen molar-refractivity contribution < 1.29 is 13.2 Å². The molecule has 1 atom stereocenters. The molecular formula is C16H16N2O3S3. The zero-order chi connectivity index (χ0) is 16.9. The maximum atomic E-state index is 12.7. The first-order chi connectivity index (χ1) is 11.5. The smallest absolute Gasteiger partial charge is 0.241 e. The number of hydrogen-bond donors (Lipinski definition) is 1. The van der Waals surface area contributed by atoms with Crippen LogP contribution >= 0.6 is 23.1 Å². The number of carbonyl (C=O) groups is 1. The number of nitrogens with zero attached hydrogens (tertiary/aromatic N) is 1. The average Bonchev–Trinajstić information content (AvgIpc) is 3.15. The lowest BCUT2D eigenvalue weighted by molar-refractivity contribution is -0.117. The van der Waals surface area contributed by atoms with Gasteiger partial charge in [-0.15, -0.1) is 23.1 Å². The first-order valence-electron chi connectivity index (χ1n) is 7.60. The van der Waals surface area contributed by atoms with Crippen molar-refractivity contribution in [2.24, 2.45) is 0 Å². The molecule has 2 aliphatic heterocycles. The fraction of sp³-hybridized carbons (Fsp3) is 0.312. The molecule has 0 bridgehead atoms. The summed E-state index contributed by atoms with van der Waals surface area (Å²) in [6.07, 6.45) is 0.158. The lowest BCUT2D eigenvalue weighted by Crippen LogP contribution is -2.35. The van der Waals surface area contributed by atoms with Crippen LogP contribution in [0.3, 0.4) is 0 Å². The van der Waals surface area contributed by atoms with E-state index in [1.807, 2.05) is 23.6 Å². The normalized spacial score (nSPS) is 19.6. The minimum Gasteiger partial charge on any atom is -0.310 e. The SMILES string of the molecule is CC1CN2C(=O)Cc3c(S(=O)(=O)NCc4cccs4)ccc(c32)S1. The Labute approximate surface area is 149 Å². The number of sulfonamides is 1. The molecule has 0 aliphatic carbocycles. The molecule has 4 rings (SSSR count). The molecule has 8 heteroatoms. The van der Waals surface area contributed by atoms with E-state index in [1.165, 1.54) is 11.3 Å². The van der Waals surface area contributed by atoms with Gasteiger partial charge in [-0.1, -0.05) is 13.0 Å². The second-order valence-electron chi connectivity index (χ2n) is 5.90. The molecule has 0 saturated heterocycles. The van der Waals surface area contributed by atoms with E-state index >= 15 is 0 Å². The lowest BCUT2D eigenvalue weighted by atomic mass is 10.1. The molecule has 1 aromatic heterocycles. The summed E-state index contributed by atoms with van der Waals surface area (Å²) in [5.41, 5.74) is 1.43. The van der Waals surface area contributed by atoms with Crippen molar-refractivity contribution in [3.8, 4) is 0 Å². The Kier molecular flexibility index (Phi) is 3.95. The molecule has 2 aromatic rings. The number of thiophene rings is 1. The van der Waals surface area contributed by atoms with Crippen molar-refractivity contribution in [2.45, 2.75) is 34.9 Å². The van der Waals surface area contributed by atoms with Gasteiger partial charge in [0, 0.05) is 33.7 Å². The highest BCUT2D eigenvalue weighted by Gasteiger charge is 2.38. The fourth-order valence-electron chi connectivity index (χ4n) is 3.14. The topological polar surface area (TPSA) is 66.5 Å². The van der Waals surface area contributed by atoms with Gasteiger partial charge in [0.1, 0.15) is 0 Å². The fourth-order valence-corrected chi connectivity index (χ4v) is 6.27. The molecule has 0 fully saturated rings. The summed E-state index contributed by atoms with van der Waals surface area (Å²) in [4.78, 5) is 16.2. The van der Waals surface area contributed by atoms with Crippen LogP contribution in [0.1, 0.15) is 17.4 Å². The molecule has 1 unspecified atom stereocenters. The van der Waals surface area contributed by atoms with Crippen molar-refractivity contribution in [3.63, 3.8) is 0 Å². The first-order valence-corrected chi connectivity index (χ1v) is 10.8. The number of amides is 1. The highest BCUT2D eigenvalue weighted by molar-refractivity contribution is 8.00. The highest BCUT2D eigenvalue weighted by atomic mass is 32.2. The Balaban J connectivity index is 1.71. The molecule has 1 N–H and O–H groups in total. The first kappa shape index (κ1) is 16.1. The van der Waals surface area contributed by atoms with E-state index in [0.29, 0.717) is 17.4 Å². The molecule has 0 saturated carbocycles. The second-order valence-corrected chi connectivity index (χ2v) is 10.2. The Morgan fingerprint density at radius 2 is 2.17 bits per heavy atom.